The molecule has 0 aromatic heterocycles. The number of aliphatic hydroxyl groups is 1. The molecular weight excluding hydrogens is 384 g/mol. The smallest absolute Gasteiger partial charge is 0.0555 e. The van der Waals surface area contributed by atoms with Gasteiger partial charge < -0.3 is 39.7 Å². The molecule has 0 aliphatic carbocycles. The van der Waals surface area contributed by atoms with Gasteiger partial charge in [0.05, 0.1) is 24.0 Å². The Morgan fingerprint density at radius 2 is 0.966 bits per heavy atom. The first-order valence-electron chi connectivity index (χ1n) is 9.82. The van der Waals surface area contributed by atoms with Gasteiger partial charge in [-0.2, -0.15) is 0 Å². The van der Waals surface area contributed by atoms with E-state index in [0.29, 0.717) is 65.3 Å². The Balaban J connectivity index is 2.88. The number of hydrogen-bond donors (Lipinski definition) is 1. The molecule has 0 aromatic rings. The molecule has 29 heavy (non-hydrogen) atoms. The fourth-order valence-corrected chi connectivity index (χ4v) is 3.19. The van der Waals surface area contributed by atoms with Crippen LogP contribution in [0, 0.1) is 0 Å². The molecule has 11 heteroatoms. The van der Waals surface area contributed by atoms with E-state index in [-0.39, 0.29) is 19.6 Å². The summed E-state index contributed by atoms with van der Waals surface area (Å²) in [5, 5.41) is 42.7. The van der Waals surface area contributed by atoms with Crippen molar-refractivity contribution in [1.29, 1.82) is 0 Å². The second-order valence-corrected chi connectivity index (χ2v) is 7.42. The number of aliphatic hydroxyl groups excluding tert-OH is 1. The predicted molar refractivity (Wildman–Crippen MR) is 97.1 cm³/mol. The van der Waals surface area contributed by atoms with Crippen LogP contribution in [0.25, 0.3) is 0 Å². The Kier molecular flexibility index (Phi) is 11.7. The third kappa shape index (κ3) is 12.4. The van der Waals surface area contributed by atoms with Gasteiger partial charge in [-0.3, -0.25) is 14.7 Å². The highest BCUT2D eigenvalue weighted by atomic mass is 16.4. The molecule has 1 aliphatic heterocycles. The summed E-state index contributed by atoms with van der Waals surface area (Å²) in [5.41, 5.74) is 0. The number of aliphatic carboxylic acids is 3. The monoisotopic (exact) mass is 415 g/mol. The van der Waals surface area contributed by atoms with E-state index < -0.39 is 24.0 Å². The lowest BCUT2D eigenvalue weighted by molar-refractivity contribution is -0.308. The topological polar surface area (TPSA) is 154 Å². The summed E-state index contributed by atoms with van der Waals surface area (Å²) in [6.45, 7) is 4.58. The SMILES string of the molecule is CC(O)CCN1CCN(CC(=O)[O-])CCN(CC(=O)[O-])CCN(CC(=O)[O-])CC1. The van der Waals surface area contributed by atoms with E-state index in [2.05, 4.69) is 4.90 Å². The normalized spacial score (nSPS) is 20.5. The minimum absolute atomic E-state index is 0.264. The lowest BCUT2D eigenvalue weighted by Crippen LogP contribution is -2.51. The number of hydrogen-bond acceptors (Lipinski definition) is 11. The van der Waals surface area contributed by atoms with Crippen LogP contribution in [0.4, 0.5) is 0 Å². The molecule has 1 heterocycles. The molecule has 168 valence electrons. The second-order valence-electron chi connectivity index (χ2n) is 7.42. The molecule has 1 rings (SSSR count). The molecule has 1 fully saturated rings. The standard InChI is InChI=1S/C18H34N4O7/c1-15(23)2-3-19-4-6-20(12-16(24)25)8-10-22(14-18(28)29)11-9-21(7-5-19)13-17(26)27/h15,23H,2-14H2,1H3,(H,24,25)(H,26,27)(H,28,29)/p-3. The lowest BCUT2D eigenvalue weighted by atomic mass is 10.2. The quantitative estimate of drug-likeness (QED) is 0.383. The average molecular weight is 415 g/mol. The first kappa shape index (κ1) is 25.2. The van der Waals surface area contributed by atoms with Crippen LogP contribution < -0.4 is 15.3 Å². The summed E-state index contributed by atoms with van der Waals surface area (Å²) in [7, 11) is 0. The minimum atomic E-state index is -1.25. The van der Waals surface area contributed by atoms with Crippen LogP contribution in [0.1, 0.15) is 13.3 Å². The van der Waals surface area contributed by atoms with Crippen LogP contribution in [0.5, 0.6) is 0 Å². The van der Waals surface area contributed by atoms with Crippen LogP contribution in [-0.4, -0.2) is 127 Å². The number of rotatable bonds is 9. The molecule has 1 saturated heterocycles. The van der Waals surface area contributed by atoms with Crippen molar-refractivity contribution in [2.45, 2.75) is 19.4 Å². The molecule has 0 radical (unpaired) electrons. The van der Waals surface area contributed by atoms with Gasteiger partial charge in [-0.05, 0) is 13.3 Å². The van der Waals surface area contributed by atoms with E-state index >= 15 is 0 Å². The first-order chi connectivity index (χ1) is 13.7. The maximum absolute atomic E-state index is 11.1. The third-order valence-electron chi connectivity index (χ3n) is 4.85. The fraction of sp³-hybridized carbons (Fsp3) is 0.833. The Morgan fingerprint density at radius 1 is 0.690 bits per heavy atom. The maximum Gasteiger partial charge on any atom is 0.0555 e. The van der Waals surface area contributed by atoms with E-state index in [9.17, 15) is 34.8 Å². The number of carbonyl (C=O) groups excluding carboxylic acids is 3. The van der Waals surface area contributed by atoms with Crippen molar-refractivity contribution in [3.05, 3.63) is 0 Å². The summed E-state index contributed by atoms with van der Waals surface area (Å²) in [6.07, 6.45) is 0.0635. The van der Waals surface area contributed by atoms with Gasteiger partial charge in [-0.25, -0.2) is 0 Å². The van der Waals surface area contributed by atoms with Crippen molar-refractivity contribution < 1.29 is 34.8 Å². The van der Waals surface area contributed by atoms with Crippen LogP contribution >= 0.6 is 0 Å². The van der Waals surface area contributed by atoms with E-state index in [1.165, 1.54) is 0 Å². The number of carboxylic acid groups (broad SMARTS) is 3. The predicted octanol–water partition coefficient (Wildman–Crippen LogP) is -5.77. The van der Waals surface area contributed by atoms with E-state index in [1.807, 2.05) is 0 Å². The molecule has 1 atom stereocenters. The molecule has 0 spiro atoms. The molecule has 1 N–H and O–H groups in total. The minimum Gasteiger partial charge on any atom is -0.549 e. The van der Waals surface area contributed by atoms with Crippen LogP contribution in [0.15, 0.2) is 0 Å². The van der Waals surface area contributed by atoms with Gasteiger partial charge in [0, 0.05) is 78.5 Å². The average Bonchev–Trinajstić information content (AvgIpc) is 2.59. The molecule has 0 amide bonds. The zero-order valence-electron chi connectivity index (χ0n) is 17.0. The van der Waals surface area contributed by atoms with Gasteiger partial charge >= 0.3 is 0 Å². The van der Waals surface area contributed by atoms with Gasteiger partial charge in [0.1, 0.15) is 0 Å². The molecule has 0 saturated carbocycles. The van der Waals surface area contributed by atoms with Gasteiger partial charge in [0.25, 0.3) is 0 Å². The Hall–Kier alpha value is -1.79. The molecular formula is C18H31N4O7-3. The first-order valence-corrected chi connectivity index (χ1v) is 9.82. The highest BCUT2D eigenvalue weighted by molar-refractivity contribution is 5.67. The van der Waals surface area contributed by atoms with Gasteiger partial charge in [-0.15, -0.1) is 0 Å². The number of nitrogens with zero attached hydrogens (tertiary/aromatic N) is 4. The van der Waals surface area contributed by atoms with Crippen LogP contribution in [-0.2, 0) is 14.4 Å². The van der Waals surface area contributed by atoms with Crippen LogP contribution in [0.2, 0.25) is 0 Å². The van der Waals surface area contributed by atoms with Crippen LogP contribution in [0.3, 0.4) is 0 Å². The van der Waals surface area contributed by atoms with Gasteiger partial charge in [0.2, 0.25) is 0 Å². The van der Waals surface area contributed by atoms with E-state index in [1.54, 1.807) is 21.6 Å². The lowest BCUT2D eigenvalue weighted by Gasteiger charge is -2.34. The highest BCUT2D eigenvalue weighted by Gasteiger charge is 2.17. The fourth-order valence-electron chi connectivity index (χ4n) is 3.19. The van der Waals surface area contributed by atoms with Crippen molar-refractivity contribution in [3.63, 3.8) is 0 Å². The van der Waals surface area contributed by atoms with Gasteiger partial charge in [0.15, 0.2) is 0 Å². The number of carbonyl (C=O) groups is 3. The summed E-state index contributed by atoms with van der Waals surface area (Å²) in [6, 6.07) is 0. The van der Waals surface area contributed by atoms with Crippen molar-refractivity contribution in [2.24, 2.45) is 0 Å². The molecule has 1 unspecified atom stereocenters. The number of carboxylic acids is 3. The molecule has 0 aromatic carbocycles. The Morgan fingerprint density at radius 3 is 1.21 bits per heavy atom. The van der Waals surface area contributed by atoms with E-state index in [4.69, 9.17) is 0 Å². The highest BCUT2D eigenvalue weighted by Crippen LogP contribution is 2.02. The largest absolute Gasteiger partial charge is 0.549 e. The summed E-state index contributed by atoms with van der Waals surface area (Å²) >= 11 is 0. The zero-order valence-corrected chi connectivity index (χ0v) is 17.0. The zero-order chi connectivity index (χ0) is 21.8. The molecule has 0 bridgehead atoms. The maximum atomic E-state index is 11.1. The van der Waals surface area contributed by atoms with Crippen molar-refractivity contribution in [2.75, 3.05) is 78.5 Å². The van der Waals surface area contributed by atoms with Gasteiger partial charge in [-0.1, -0.05) is 0 Å². The van der Waals surface area contributed by atoms with E-state index in [0.717, 1.165) is 0 Å². The Bertz CT molecular complexity index is 500. The Labute approximate surface area is 171 Å². The molecule has 11 nitrogen and oxygen atoms in total. The molecule has 1 aliphatic rings. The van der Waals surface area contributed by atoms with Crippen molar-refractivity contribution >= 4 is 17.9 Å². The summed E-state index contributed by atoms with van der Waals surface area (Å²) in [4.78, 5) is 40.2. The van der Waals surface area contributed by atoms with Crippen molar-refractivity contribution in [3.8, 4) is 0 Å². The summed E-state index contributed by atoms with van der Waals surface area (Å²) in [5.74, 6) is -3.67. The second kappa shape index (κ2) is 13.4. The third-order valence-corrected chi connectivity index (χ3v) is 4.85. The summed E-state index contributed by atoms with van der Waals surface area (Å²) < 4.78 is 0. The van der Waals surface area contributed by atoms with Crippen molar-refractivity contribution in [1.82, 2.24) is 19.6 Å².